The lowest BCUT2D eigenvalue weighted by molar-refractivity contribution is -0.121. The lowest BCUT2D eigenvalue weighted by Gasteiger charge is -2.14. The Bertz CT molecular complexity index is 405. The molecule has 1 heterocycles. The molecule has 1 atom stereocenters. The summed E-state index contributed by atoms with van der Waals surface area (Å²) in [5.41, 5.74) is 1.95. The van der Waals surface area contributed by atoms with Crippen LogP contribution in [0.5, 0.6) is 0 Å². The van der Waals surface area contributed by atoms with Crippen LogP contribution in [0.3, 0.4) is 0 Å². The minimum absolute atomic E-state index is 0.113. The molecule has 0 aliphatic rings. The fraction of sp³-hybridized carbons (Fsp3) is 0.750. The predicted octanol–water partition coefficient (Wildman–Crippen LogP) is 3.56. The number of hydrogen-bond donors (Lipinski definition) is 1. The molecule has 20 heavy (non-hydrogen) atoms. The first-order valence-electron chi connectivity index (χ1n) is 7.61. The molecule has 1 rings (SSSR count). The normalized spacial score (nSPS) is 12.7. The molecule has 0 aliphatic heterocycles. The van der Waals surface area contributed by atoms with Gasteiger partial charge in [0, 0.05) is 18.0 Å². The van der Waals surface area contributed by atoms with Crippen molar-refractivity contribution in [2.45, 2.75) is 72.8 Å². The average Bonchev–Trinajstić information content (AvgIpc) is 2.66. The Morgan fingerprint density at radius 1 is 1.25 bits per heavy atom. The Morgan fingerprint density at radius 3 is 2.50 bits per heavy atom. The molecule has 1 amide bonds. The van der Waals surface area contributed by atoms with E-state index >= 15 is 0 Å². The molecule has 0 fully saturated rings. The van der Waals surface area contributed by atoms with Crippen LogP contribution in [-0.2, 0) is 11.2 Å². The lowest BCUT2D eigenvalue weighted by Crippen LogP contribution is -2.32. The molecule has 0 spiro atoms. The number of amides is 1. The van der Waals surface area contributed by atoms with Gasteiger partial charge in [0.1, 0.15) is 5.76 Å². The number of rotatable bonds is 8. The molecule has 0 aliphatic carbocycles. The van der Waals surface area contributed by atoms with E-state index in [0.29, 0.717) is 12.8 Å². The van der Waals surface area contributed by atoms with E-state index in [1.54, 1.807) is 0 Å². The standard InChI is InChI=1S/C16H28N2O2/c1-11(2)7-6-8-12(3)17-16(19)10-9-15-13(4)18-20-14(15)5/h11-12H,6-10H2,1-5H3,(H,17,19)/t12-/m1/s1. The number of aromatic nitrogens is 1. The molecule has 1 aromatic heterocycles. The highest BCUT2D eigenvalue weighted by Crippen LogP contribution is 2.14. The summed E-state index contributed by atoms with van der Waals surface area (Å²) in [5.74, 6) is 1.67. The van der Waals surface area contributed by atoms with Crippen molar-refractivity contribution in [3.8, 4) is 0 Å². The maximum absolute atomic E-state index is 11.9. The first-order chi connectivity index (χ1) is 9.40. The maximum Gasteiger partial charge on any atom is 0.220 e. The smallest absolute Gasteiger partial charge is 0.220 e. The zero-order valence-electron chi connectivity index (χ0n) is 13.5. The molecule has 0 saturated heterocycles. The first-order valence-corrected chi connectivity index (χ1v) is 7.61. The van der Waals surface area contributed by atoms with Crippen LogP contribution in [0.1, 0.15) is 63.5 Å². The third kappa shape index (κ3) is 5.76. The largest absolute Gasteiger partial charge is 0.361 e. The molecule has 0 radical (unpaired) electrons. The van der Waals surface area contributed by atoms with Crippen LogP contribution in [0, 0.1) is 19.8 Å². The van der Waals surface area contributed by atoms with Crippen molar-refractivity contribution < 1.29 is 9.32 Å². The predicted molar refractivity (Wildman–Crippen MR) is 80.6 cm³/mol. The number of carbonyl (C=O) groups excluding carboxylic acids is 1. The van der Waals surface area contributed by atoms with Crippen LogP contribution in [0.2, 0.25) is 0 Å². The van der Waals surface area contributed by atoms with Gasteiger partial charge >= 0.3 is 0 Å². The summed E-state index contributed by atoms with van der Waals surface area (Å²) in [5, 5.41) is 6.97. The first kappa shape index (κ1) is 16.7. The Balaban J connectivity index is 2.26. The molecule has 1 N–H and O–H groups in total. The highest BCUT2D eigenvalue weighted by molar-refractivity contribution is 5.76. The van der Waals surface area contributed by atoms with Crippen LogP contribution in [0.25, 0.3) is 0 Å². The van der Waals surface area contributed by atoms with Gasteiger partial charge in [-0.05, 0) is 39.5 Å². The Hall–Kier alpha value is -1.32. The Morgan fingerprint density at radius 2 is 1.95 bits per heavy atom. The highest BCUT2D eigenvalue weighted by atomic mass is 16.5. The third-order valence-corrected chi connectivity index (χ3v) is 3.61. The highest BCUT2D eigenvalue weighted by Gasteiger charge is 2.12. The zero-order valence-corrected chi connectivity index (χ0v) is 13.5. The molecule has 0 unspecified atom stereocenters. The van der Waals surface area contributed by atoms with Crippen LogP contribution in [0.15, 0.2) is 4.52 Å². The van der Waals surface area contributed by atoms with E-state index < -0.39 is 0 Å². The van der Waals surface area contributed by atoms with Crippen LogP contribution in [-0.4, -0.2) is 17.1 Å². The summed E-state index contributed by atoms with van der Waals surface area (Å²) in [6.07, 6.45) is 4.64. The van der Waals surface area contributed by atoms with Crippen molar-refractivity contribution in [1.29, 1.82) is 0 Å². The molecule has 0 aromatic carbocycles. The zero-order chi connectivity index (χ0) is 15.1. The van der Waals surface area contributed by atoms with E-state index in [1.807, 2.05) is 13.8 Å². The van der Waals surface area contributed by atoms with Gasteiger partial charge in [-0.2, -0.15) is 0 Å². The molecule has 4 nitrogen and oxygen atoms in total. The minimum Gasteiger partial charge on any atom is -0.361 e. The van der Waals surface area contributed by atoms with Gasteiger partial charge in [-0.1, -0.05) is 31.8 Å². The van der Waals surface area contributed by atoms with Crippen molar-refractivity contribution >= 4 is 5.91 Å². The van der Waals surface area contributed by atoms with Gasteiger partial charge in [0.05, 0.1) is 5.69 Å². The van der Waals surface area contributed by atoms with E-state index in [2.05, 4.69) is 31.2 Å². The number of aryl methyl sites for hydroxylation is 2. The molecule has 0 saturated carbocycles. The van der Waals surface area contributed by atoms with Gasteiger partial charge in [0.25, 0.3) is 0 Å². The van der Waals surface area contributed by atoms with E-state index in [4.69, 9.17) is 4.52 Å². The average molecular weight is 280 g/mol. The molecular weight excluding hydrogens is 252 g/mol. The Labute approximate surface area is 122 Å². The second kappa shape index (κ2) is 8.08. The fourth-order valence-corrected chi connectivity index (χ4v) is 2.35. The molecule has 114 valence electrons. The SMILES string of the molecule is Cc1noc(C)c1CCC(=O)N[C@H](C)CCCC(C)C. The molecule has 1 aromatic rings. The van der Waals surface area contributed by atoms with Crippen LogP contribution < -0.4 is 5.32 Å². The monoisotopic (exact) mass is 280 g/mol. The van der Waals surface area contributed by atoms with Gasteiger partial charge in [0.2, 0.25) is 5.91 Å². The molecule has 4 heteroatoms. The summed E-state index contributed by atoms with van der Waals surface area (Å²) >= 11 is 0. The molecular formula is C16H28N2O2. The second-order valence-corrected chi connectivity index (χ2v) is 6.10. The van der Waals surface area contributed by atoms with Crippen molar-refractivity contribution in [3.05, 3.63) is 17.0 Å². The van der Waals surface area contributed by atoms with Crippen molar-refractivity contribution in [3.63, 3.8) is 0 Å². The number of nitrogens with zero attached hydrogens (tertiary/aromatic N) is 1. The summed E-state index contributed by atoms with van der Waals surface area (Å²) in [6, 6.07) is 0.255. The van der Waals surface area contributed by atoms with E-state index in [0.717, 1.165) is 29.4 Å². The van der Waals surface area contributed by atoms with Crippen LogP contribution >= 0.6 is 0 Å². The minimum atomic E-state index is 0.113. The maximum atomic E-state index is 11.9. The van der Waals surface area contributed by atoms with Gasteiger partial charge in [0.15, 0.2) is 0 Å². The Kier molecular flexibility index (Phi) is 6.76. The van der Waals surface area contributed by atoms with Crippen molar-refractivity contribution in [2.75, 3.05) is 0 Å². The topological polar surface area (TPSA) is 55.1 Å². The van der Waals surface area contributed by atoms with Gasteiger partial charge in [-0.3, -0.25) is 4.79 Å². The van der Waals surface area contributed by atoms with Gasteiger partial charge in [-0.25, -0.2) is 0 Å². The lowest BCUT2D eigenvalue weighted by atomic mass is 10.0. The summed E-state index contributed by atoms with van der Waals surface area (Å²) < 4.78 is 5.10. The second-order valence-electron chi connectivity index (χ2n) is 6.10. The van der Waals surface area contributed by atoms with E-state index in [-0.39, 0.29) is 11.9 Å². The van der Waals surface area contributed by atoms with Gasteiger partial charge in [-0.15, -0.1) is 0 Å². The number of carbonyl (C=O) groups is 1. The summed E-state index contributed by atoms with van der Waals surface area (Å²) in [6.45, 7) is 10.3. The van der Waals surface area contributed by atoms with Crippen LogP contribution in [0.4, 0.5) is 0 Å². The third-order valence-electron chi connectivity index (χ3n) is 3.61. The quantitative estimate of drug-likeness (QED) is 0.792. The van der Waals surface area contributed by atoms with E-state index in [1.165, 1.54) is 12.8 Å². The number of nitrogens with one attached hydrogen (secondary N) is 1. The van der Waals surface area contributed by atoms with E-state index in [9.17, 15) is 4.79 Å². The number of hydrogen-bond acceptors (Lipinski definition) is 3. The van der Waals surface area contributed by atoms with Gasteiger partial charge < -0.3 is 9.84 Å². The molecule has 0 bridgehead atoms. The fourth-order valence-electron chi connectivity index (χ4n) is 2.35. The van der Waals surface area contributed by atoms with Crippen molar-refractivity contribution in [1.82, 2.24) is 10.5 Å². The summed E-state index contributed by atoms with van der Waals surface area (Å²) in [4.78, 5) is 11.9. The summed E-state index contributed by atoms with van der Waals surface area (Å²) in [7, 11) is 0. The van der Waals surface area contributed by atoms with Crippen molar-refractivity contribution in [2.24, 2.45) is 5.92 Å².